The highest BCUT2D eigenvalue weighted by atomic mass is 16.5. The highest BCUT2D eigenvalue weighted by Crippen LogP contribution is 2.51. The van der Waals surface area contributed by atoms with Crippen LogP contribution in [-0.2, 0) is 9.53 Å². The third-order valence-corrected chi connectivity index (χ3v) is 5.20. The quantitative estimate of drug-likeness (QED) is 0.830. The van der Waals surface area contributed by atoms with E-state index in [9.17, 15) is 14.7 Å². The third-order valence-electron chi connectivity index (χ3n) is 5.20. The van der Waals surface area contributed by atoms with Crippen LogP contribution in [-0.4, -0.2) is 40.4 Å². The van der Waals surface area contributed by atoms with E-state index in [4.69, 9.17) is 9.26 Å². The lowest BCUT2D eigenvalue weighted by Gasteiger charge is -2.58. The summed E-state index contributed by atoms with van der Waals surface area (Å²) in [6.45, 7) is 5.96. The van der Waals surface area contributed by atoms with E-state index in [1.165, 1.54) is 0 Å². The van der Waals surface area contributed by atoms with Crippen molar-refractivity contribution in [1.82, 2.24) is 10.5 Å². The van der Waals surface area contributed by atoms with E-state index >= 15 is 0 Å². The molecule has 0 radical (unpaired) electrons. The number of hydrogen-bond donors (Lipinski definition) is 2. The highest BCUT2D eigenvalue weighted by molar-refractivity contribution is 5.97. The number of carbonyl (C=O) groups excluding carboxylic acids is 1. The number of carboxylic acid groups (broad SMARTS) is 1. The molecule has 2 fully saturated rings. The molecule has 0 spiro atoms. The largest absolute Gasteiger partial charge is 0.479 e. The first-order chi connectivity index (χ1) is 10.8. The molecule has 0 aliphatic heterocycles. The van der Waals surface area contributed by atoms with Gasteiger partial charge < -0.3 is 19.7 Å². The molecule has 7 heteroatoms. The molecule has 1 amide bonds. The van der Waals surface area contributed by atoms with Gasteiger partial charge in [-0.05, 0) is 19.8 Å². The minimum Gasteiger partial charge on any atom is -0.479 e. The summed E-state index contributed by atoms with van der Waals surface area (Å²) in [4.78, 5) is 24.3. The SMILES string of the molecule is CCOC1CC(NC(=O)c2cc(C3CC3)on2)(C(=O)O)C1(C)C. The van der Waals surface area contributed by atoms with Gasteiger partial charge in [-0.1, -0.05) is 19.0 Å². The Balaban J connectivity index is 1.77. The minimum absolute atomic E-state index is 0.128. The van der Waals surface area contributed by atoms with Gasteiger partial charge in [0.05, 0.1) is 6.10 Å². The molecule has 126 valence electrons. The molecule has 2 aliphatic carbocycles. The second-order valence-electron chi connectivity index (χ2n) is 6.92. The molecule has 0 saturated heterocycles. The van der Waals surface area contributed by atoms with Crippen LogP contribution in [0, 0.1) is 5.41 Å². The average Bonchev–Trinajstić information content (AvgIpc) is 3.22. The zero-order chi connectivity index (χ0) is 16.8. The number of carbonyl (C=O) groups is 2. The molecule has 0 bridgehead atoms. The lowest BCUT2D eigenvalue weighted by Crippen LogP contribution is -2.76. The van der Waals surface area contributed by atoms with Crippen LogP contribution in [0.4, 0.5) is 0 Å². The fourth-order valence-electron chi connectivity index (χ4n) is 3.25. The van der Waals surface area contributed by atoms with Gasteiger partial charge in [0.1, 0.15) is 11.3 Å². The fourth-order valence-corrected chi connectivity index (χ4v) is 3.25. The van der Waals surface area contributed by atoms with E-state index in [1.807, 2.05) is 6.92 Å². The summed E-state index contributed by atoms with van der Waals surface area (Å²) in [6.07, 6.45) is 2.11. The Labute approximate surface area is 134 Å². The lowest BCUT2D eigenvalue weighted by molar-refractivity contribution is -0.190. The number of rotatable bonds is 6. The van der Waals surface area contributed by atoms with Crippen LogP contribution >= 0.6 is 0 Å². The van der Waals surface area contributed by atoms with Gasteiger partial charge in [0.15, 0.2) is 5.69 Å². The van der Waals surface area contributed by atoms with Gasteiger partial charge in [-0.3, -0.25) is 4.79 Å². The number of amides is 1. The summed E-state index contributed by atoms with van der Waals surface area (Å²) in [7, 11) is 0. The number of hydrogen-bond acceptors (Lipinski definition) is 5. The smallest absolute Gasteiger partial charge is 0.330 e. The van der Waals surface area contributed by atoms with Crippen molar-refractivity contribution in [2.45, 2.75) is 57.6 Å². The molecular weight excluding hydrogens is 300 g/mol. The topological polar surface area (TPSA) is 102 Å². The van der Waals surface area contributed by atoms with Crippen molar-refractivity contribution in [3.63, 3.8) is 0 Å². The maximum Gasteiger partial charge on any atom is 0.330 e. The Morgan fingerprint density at radius 3 is 2.70 bits per heavy atom. The number of aromatic nitrogens is 1. The fraction of sp³-hybridized carbons (Fsp3) is 0.688. The molecule has 23 heavy (non-hydrogen) atoms. The second kappa shape index (κ2) is 5.33. The molecule has 7 nitrogen and oxygen atoms in total. The maximum atomic E-state index is 12.4. The number of nitrogens with zero attached hydrogens (tertiary/aromatic N) is 1. The van der Waals surface area contributed by atoms with Crippen LogP contribution in [0.5, 0.6) is 0 Å². The van der Waals surface area contributed by atoms with Gasteiger partial charge in [-0.15, -0.1) is 0 Å². The molecule has 2 unspecified atom stereocenters. The predicted octanol–water partition coefficient (Wildman–Crippen LogP) is 1.94. The molecule has 0 aromatic carbocycles. The van der Waals surface area contributed by atoms with Crippen molar-refractivity contribution < 1.29 is 24.0 Å². The summed E-state index contributed by atoms with van der Waals surface area (Å²) in [6, 6.07) is 1.61. The molecule has 1 aromatic heterocycles. The monoisotopic (exact) mass is 322 g/mol. The van der Waals surface area contributed by atoms with E-state index in [1.54, 1.807) is 19.9 Å². The Bertz CT molecular complexity index is 634. The molecule has 2 saturated carbocycles. The van der Waals surface area contributed by atoms with Crippen LogP contribution in [0.3, 0.4) is 0 Å². The predicted molar refractivity (Wildman–Crippen MR) is 80.1 cm³/mol. The zero-order valence-corrected chi connectivity index (χ0v) is 13.6. The van der Waals surface area contributed by atoms with Gasteiger partial charge in [0.25, 0.3) is 5.91 Å². The molecule has 1 aromatic rings. The van der Waals surface area contributed by atoms with Crippen LogP contribution in [0.2, 0.25) is 0 Å². The summed E-state index contributed by atoms with van der Waals surface area (Å²) < 4.78 is 10.7. The lowest BCUT2D eigenvalue weighted by atomic mass is 9.54. The van der Waals surface area contributed by atoms with Gasteiger partial charge >= 0.3 is 5.97 Å². The number of aliphatic carboxylic acids is 1. The second-order valence-corrected chi connectivity index (χ2v) is 6.92. The van der Waals surface area contributed by atoms with Gasteiger partial charge in [0, 0.05) is 30.4 Å². The Morgan fingerprint density at radius 2 is 2.17 bits per heavy atom. The molecule has 3 rings (SSSR count). The van der Waals surface area contributed by atoms with Crippen molar-refractivity contribution in [3.05, 3.63) is 17.5 Å². The summed E-state index contributed by atoms with van der Waals surface area (Å²) in [5.74, 6) is -0.539. The Kier molecular flexibility index (Phi) is 3.71. The van der Waals surface area contributed by atoms with E-state index in [-0.39, 0.29) is 18.2 Å². The first-order valence-electron chi connectivity index (χ1n) is 7.96. The average molecular weight is 322 g/mol. The van der Waals surface area contributed by atoms with Crippen LogP contribution in [0.25, 0.3) is 0 Å². The molecular formula is C16H22N2O5. The van der Waals surface area contributed by atoms with Crippen molar-refractivity contribution in [2.75, 3.05) is 6.61 Å². The van der Waals surface area contributed by atoms with Crippen molar-refractivity contribution in [1.29, 1.82) is 0 Å². The number of carboxylic acids is 1. The summed E-state index contributed by atoms with van der Waals surface area (Å²) in [5.41, 5.74) is -1.95. The van der Waals surface area contributed by atoms with Crippen LogP contribution in [0.15, 0.2) is 10.6 Å². The first kappa shape index (κ1) is 16.0. The minimum atomic E-state index is -1.36. The Hall–Kier alpha value is -1.89. The summed E-state index contributed by atoms with van der Waals surface area (Å²) in [5, 5.41) is 16.1. The standard InChI is InChI=1S/C16H22N2O5/c1-4-22-12-8-16(14(20)21,15(12,2)3)17-13(19)10-7-11(23-18-10)9-5-6-9/h7,9,12H,4-6,8H2,1-3H3,(H,17,19)(H,20,21). The van der Waals surface area contributed by atoms with E-state index in [0.717, 1.165) is 12.8 Å². The van der Waals surface area contributed by atoms with E-state index < -0.39 is 22.8 Å². The van der Waals surface area contributed by atoms with E-state index in [2.05, 4.69) is 10.5 Å². The number of nitrogens with one attached hydrogen (secondary N) is 1. The molecule has 2 N–H and O–H groups in total. The van der Waals surface area contributed by atoms with E-state index in [0.29, 0.717) is 18.3 Å². The number of ether oxygens (including phenoxy) is 1. The molecule has 2 atom stereocenters. The van der Waals surface area contributed by atoms with Crippen LogP contribution < -0.4 is 5.32 Å². The van der Waals surface area contributed by atoms with Gasteiger partial charge in [0.2, 0.25) is 0 Å². The molecule has 1 heterocycles. The first-order valence-corrected chi connectivity index (χ1v) is 7.96. The van der Waals surface area contributed by atoms with Crippen molar-refractivity contribution in [2.24, 2.45) is 5.41 Å². The zero-order valence-electron chi connectivity index (χ0n) is 13.6. The van der Waals surface area contributed by atoms with Crippen molar-refractivity contribution in [3.8, 4) is 0 Å². The van der Waals surface area contributed by atoms with Crippen molar-refractivity contribution >= 4 is 11.9 Å². The molecule has 2 aliphatic rings. The highest BCUT2D eigenvalue weighted by Gasteiger charge is 2.66. The summed E-state index contributed by atoms with van der Waals surface area (Å²) >= 11 is 0. The van der Waals surface area contributed by atoms with Gasteiger partial charge in [-0.25, -0.2) is 4.79 Å². The van der Waals surface area contributed by atoms with Gasteiger partial charge in [-0.2, -0.15) is 0 Å². The normalized spacial score (nSPS) is 28.9. The Morgan fingerprint density at radius 1 is 1.48 bits per heavy atom. The maximum absolute atomic E-state index is 12.4. The third kappa shape index (κ3) is 2.43. The van der Waals surface area contributed by atoms with Crippen LogP contribution in [0.1, 0.15) is 62.2 Å².